The maximum absolute atomic E-state index is 9.02. The number of para-hydroxylation sites is 1. The summed E-state index contributed by atoms with van der Waals surface area (Å²) >= 11 is 0. The van der Waals surface area contributed by atoms with Crippen LogP contribution in [0.5, 0.6) is 0 Å². The Morgan fingerprint density at radius 1 is 0.356 bits per heavy atom. The zero-order chi connectivity index (χ0) is 34.1. The van der Waals surface area contributed by atoms with Crippen molar-refractivity contribution in [3.63, 3.8) is 0 Å². The van der Waals surface area contributed by atoms with Gasteiger partial charge in [0.1, 0.15) is 11.2 Å². The number of rotatable bonds is 4. The van der Waals surface area contributed by atoms with Gasteiger partial charge in [0.15, 0.2) is 0 Å². The molecule has 0 saturated heterocycles. The number of fused-ring (bicyclic) bond motifs is 5. The fourth-order valence-electron chi connectivity index (χ4n) is 6.84. The smallest absolute Gasteiger partial charge is 0.136 e. The summed E-state index contributed by atoms with van der Waals surface area (Å²) in [5, 5.41) is 5.79. The molecule has 0 saturated carbocycles. The second-order valence-electron chi connectivity index (χ2n) is 11.2. The Hall–Kier alpha value is -5.92. The Bertz CT molecular complexity index is 2720. The topological polar surface area (TPSA) is 13.1 Å². The summed E-state index contributed by atoms with van der Waals surface area (Å²) in [6.07, 6.45) is 0. The van der Waals surface area contributed by atoms with Crippen molar-refractivity contribution in [2.75, 3.05) is 0 Å². The number of furan rings is 1. The maximum Gasteiger partial charge on any atom is 0.136 e. The third-order valence-electron chi connectivity index (χ3n) is 8.77. The van der Waals surface area contributed by atoms with Crippen molar-refractivity contribution in [1.29, 1.82) is 0 Å². The van der Waals surface area contributed by atoms with E-state index in [1.54, 1.807) is 0 Å². The van der Waals surface area contributed by atoms with Crippen molar-refractivity contribution in [3.8, 4) is 44.5 Å². The highest BCUT2D eigenvalue weighted by Gasteiger charge is 2.23. The molecule has 1 nitrogen and oxygen atoms in total. The molecule has 0 N–H and O–H groups in total. The van der Waals surface area contributed by atoms with E-state index in [-0.39, 0.29) is 29.7 Å². The molecule has 1 heterocycles. The lowest BCUT2D eigenvalue weighted by Crippen LogP contribution is -1.93. The van der Waals surface area contributed by atoms with Crippen LogP contribution in [-0.4, -0.2) is 0 Å². The molecule has 9 aromatic rings. The van der Waals surface area contributed by atoms with Crippen molar-refractivity contribution in [2.45, 2.75) is 0 Å². The van der Waals surface area contributed by atoms with Crippen LogP contribution in [0.3, 0.4) is 0 Å². The van der Waals surface area contributed by atoms with Crippen molar-refractivity contribution < 1.29 is 11.3 Å². The lowest BCUT2D eigenvalue weighted by molar-refractivity contribution is 0.669. The van der Waals surface area contributed by atoms with Crippen LogP contribution in [-0.2, 0) is 0 Å². The van der Waals surface area contributed by atoms with E-state index in [1.165, 1.54) is 0 Å². The van der Waals surface area contributed by atoms with Crippen molar-refractivity contribution >= 4 is 43.5 Å². The summed E-state index contributed by atoms with van der Waals surface area (Å²) in [6, 6.07) is 45.6. The number of hydrogen-bond donors (Lipinski definition) is 0. The SMILES string of the molecule is [2H]c1c([2H])c([2H])c(-c2ccc3oc4ccccc4c3c2-c2c3ccccc3c(-c3ccc(-c4ccccc4)cc3)c3ccccc23)c([2H])c1[2H]. The minimum absolute atomic E-state index is 0.159. The summed E-state index contributed by atoms with van der Waals surface area (Å²) in [7, 11) is 0. The van der Waals surface area contributed by atoms with Crippen molar-refractivity contribution in [1.82, 2.24) is 0 Å². The Balaban J connectivity index is 1.44. The maximum atomic E-state index is 9.02. The first-order valence-electron chi connectivity index (χ1n) is 17.5. The molecule has 0 spiro atoms. The van der Waals surface area contributed by atoms with E-state index in [9.17, 15) is 0 Å². The highest BCUT2D eigenvalue weighted by molar-refractivity contribution is 6.27. The predicted octanol–water partition coefficient (Wildman–Crippen LogP) is 12.6. The van der Waals surface area contributed by atoms with Gasteiger partial charge in [-0.05, 0) is 72.6 Å². The molecule has 1 aromatic heterocycles. The Morgan fingerprint density at radius 2 is 0.889 bits per heavy atom. The van der Waals surface area contributed by atoms with Crippen LogP contribution in [0, 0.1) is 0 Å². The molecular weight excluding hydrogens is 544 g/mol. The third kappa shape index (κ3) is 4.09. The molecule has 0 atom stereocenters. The quantitative estimate of drug-likeness (QED) is 0.190. The van der Waals surface area contributed by atoms with E-state index in [4.69, 9.17) is 11.3 Å². The van der Waals surface area contributed by atoms with Crippen LogP contribution in [0.25, 0.3) is 88.0 Å². The molecule has 0 radical (unpaired) electrons. The lowest BCUT2D eigenvalue weighted by atomic mass is 9.82. The first-order chi connectivity index (χ1) is 24.4. The summed E-state index contributed by atoms with van der Waals surface area (Å²) in [6.45, 7) is 0. The molecule has 0 aliphatic heterocycles. The summed E-state index contributed by atoms with van der Waals surface area (Å²) in [5.74, 6) is 0. The van der Waals surface area contributed by atoms with Gasteiger partial charge in [0.25, 0.3) is 0 Å². The van der Waals surface area contributed by atoms with Crippen LogP contribution in [0.15, 0.2) is 174 Å². The van der Waals surface area contributed by atoms with Gasteiger partial charge in [-0.2, -0.15) is 0 Å². The van der Waals surface area contributed by atoms with Gasteiger partial charge in [0.2, 0.25) is 0 Å². The van der Waals surface area contributed by atoms with Gasteiger partial charge in [-0.3, -0.25) is 0 Å². The van der Waals surface area contributed by atoms with Crippen molar-refractivity contribution in [2.24, 2.45) is 0 Å². The van der Waals surface area contributed by atoms with E-state index < -0.39 is 6.04 Å². The molecule has 8 aromatic carbocycles. The van der Waals surface area contributed by atoms with Gasteiger partial charge >= 0.3 is 0 Å². The summed E-state index contributed by atoms with van der Waals surface area (Å²) < 4.78 is 49.9. The fraction of sp³-hybridized carbons (Fsp3) is 0. The Kier molecular flexibility index (Phi) is 4.81. The molecule has 0 unspecified atom stereocenters. The van der Waals surface area contributed by atoms with Crippen LogP contribution in [0.1, 0.15) is 6.85 Å². The van der Waals surface area contributed by atoms with Crippen LogP contribution in [0.4, 0.5) is 0 Å². The second kappa shape index (κ2) is 10.4. The van der Waals surface area contributed by atoms with Crippen LogP contribution in [0.2, 0.25) is 0 Å². The van der Waals surface area contributed by atoms with Gasteiger partial charge in [0, 0.05) is 16.3 Å². The molecule has 210 valence electrons. The monoisotopic (exact) mass is 577 g/mol. The zero-order valence-corrected chi connectivity index (χ0v) is 24.2. The lowest BCUT2D eigenvalue weighted by Gasteiger charge is -2.20. The number of hydrogen-bond acceptors (Lipinski definition) is 1. The van der Waals surface area contributed by atoms with Gasteiger partial charge in [-0.25, -0.2) is 0 Å². The molecular formula is C44H28O. The zero-order valence-electron chi connectivity index (χ0n) is 29.2. The minimum Gasteiger partial charge on any atom is -0.456 e. The normalized spacial score (nSPS) is 13.1. The summed E-state index contributed by atoms with van der Waals surface area (Å²) in [4.78, 5) is 0. The largest absolute Gasteiger partial charge is 0.456 e. The van der Waals surface area contributed by atoms with Crippen LogP contribution < -0.4 is 0 Å². The van der Waals surface area contributed by atoms with Gasteiger partial charge in [-0.15, -0.1) is 0 Å². The van der Waals surface area contributed by atoms with E-state index in [2.05, 4.69) is 60.7 Å². The van der Waals surface area contributed by atoms with E-state index in [0.717, 1.165) is 65.7 Å². The molecule has 1 heteroatoms. The van der Waals surface area contributed by atoms with E-state index in [0.29, 0.717) is 16.7 Å². The number of benzene rings is 8. The molecule has 0 aliphatic carbocycles. The molecule has 0 amide bonds. The average Bonchev–Trinajstić information content (AvgIpc) is 3.55. The molecule has 9 rings (SSSR count). The molecule has 0 bridgehead atoms. The summed E-state index contributed by atoms with van der Waals surface area (Å²) in [5.41, 5.74) is 8.25. The molecule has 0 fully saturated rings. The first kappa shape index (κ1) is 20.9. The average molecular weight is 578 g/mol. The third-order valence-corrected chi connectivity index (χ3v) is 8.77. The second-order valence-corrected chi connectivity index (χ2v) is 11.2. The molecule has 0 aliphatic rings. The minimum atomic E-state index is -0.418. The van der Waals surface area contributed by atoms with Gasteiger partial charge < -0.3 is 4.42 Å². The van der Waals surface area contributed by atoms with Crippen LogP contribution >= 0.6 is 0 Å². The Morgan fingerprint density at radius 3 is 1.56 bits per heavy atom. The molecule has 45 heavy (non-hydrogen) atoms. The van der Waals surface area contributed by atoms with Gasteiger partial charge in [-0.1, -0.05) is 158 Å². The fourth-order valence-corrected chi connectivity index (χ4v) is 6.84. The standard InChI is InChI=1S/C44H28O/c1-3-13-29(14-4-1)30-23-25-32(26-24-30)41-34-17-7-9-19-36(34)42(37-20-10-8-18-35(37)41)44-33(31-15-5-2-6-16-31)27-28-40-43(44)38-21-11-12-22-39(38)45-40/h1-28H/i2D,5D,6D,15D,16D. The highest BCUT2D eigenvalue weighted by atomic mass is 16.3. The van der Waals surface area contributed by atoms with Crippen molar-refractivity contribution in [3.05, 3.63) is 170 Å². The van der Waals surface area contributed by atoms with Gasteiger partial charge in [0.05, 0.1) is 6.85 Å². The van der Waals surface area contributed by atoms with E-state index in [1.807, 2.05) is 78.9 Å². The first-order valence-corrected chi connectivity index (χ1v) is 15.0. The van der Waals surface area contributed by atoms with E-state index >= 15 is 0 Å². The highest BCUT2D eigenvalue weighted by Crippen LogP contribution is 2.50. The Labute approximate surface area is 268 Å². The predicted molar refractivity (Wildman–Crippen MR) is 190 cm³/mol.